The maximum absolute atomic E-state index is 5.63. The van der Waals surface area contributed by atoms with Crippen LogP contribution in [0.3, 0.4) is 0 Å². The molecule has 1 aliphatic rings. The van der Waals surface area contributed by atoms with Crippen LogP contribution < -0.4 is 5.32 Å². The van der Waals surface area contributed by atoms with Gasteiger partial charge in [0.05, 0.1) is 19.1 Å². The van der Waals surface area contributed by atoms with E-state index < -0.39 is 0 Å². The molecule has 1 unspecified atom stereocenters. The van der Waals surface area contributed by atoms with Crippen molar-refractivity contribution in [2.75, 3.05) is 26.0 Å². The fraction of sp³-hybridized carbons (Fsp3) is 0.429. The number of hydrogen-bond acceptors (Lipinski definition) is 6. The average molecular weight is 291 g/mol. The highest BCUT2D eigenvalue weighted by Crippen LogP contribution is 2.21. The monoisotopic (exact) mass is 291 g/mol. The predicted octanol–water partition coefficient (Wildman–Crippen LogP) is 1.99. The van der Waals surface area contributed by atoms with Crippen LogP contribution in [0.2, 0.25) is 0 Å². The Hall–Kier alpha value is -1.37. The predicted molar refractivity (Wildman–Crippen MR) is 77.8 cm³/mol. The smallest absolute Gasteiger partial charge is 0.229 e. The van der Waals surface area contributed by atoms with E-state index in [0.29, 0.717) is 18.1 Å². The summed E-state index contributed by atoms with van der Waals surface area (Å²) < 4.78 is 10.9. The second-order valence-corrected chi connectivity index (χ2v) is 5.52. The molecule has 1 atom stereocenters. The zero-order chi connectivity index (χ0) is 13.8. The number of nitrogens with zero attached hydrogens (tertiary/aromatic N) is 2. The molecular weight excluding hydrogens is 274 g/mol. The highest BCUT2D eigenvalue weighted by atomic mass is 32.2. The summed E-state index contributed by atoms with van der Waals surface area (Å²) in [5.74, 6) is 1.26. The summed E-state index contributed by atoms with van der Waals surface area (Å²) >= 11 is 1.71. The molecule has 2 aromatic rings. The quantitative estimate of drug-likeness (QED) is 0.869. The molecule has 0 aliphatic carbocycles. The highest BCUT2D eigenvalue weighted by molar-refractivity contribution is 7.98. The normalized spacial score (nSPS) is 19.1. The summed E-state index contributed by atoms with van der Waals surface area (Å²) in [5, 5.41) is 7.33. The van der Waals surface area contributed by atoms with Crippen LogP contribution in [0.1, 0.15) is 5.89 Å². The van der Waals surface area contributed by atoms with Crippen LogP contribution in [0, 0.1) is 0 Å². The van der Waals surface area contributed by atoms with Crippen LogP contribution in [0.5, 0.6) is 0 Å². The van der Waals surface area contributed by atoms with Gasteiger partial charge in [-0.15, -0.1) is 11.8 Å². The second kappa shape index (κ2) is 6.39. The van der Waals surface area contributed by atoms with Crippen LogP contribution in [-0.2, 0) is 11.2 Å². The van der Waals surface area contributed by atoms with E-state index in [2.05, 4.69) is 33.8 Å². The van der Waals surface area contributed by atoms with Crippen molar-refractivity contribution >= 4 is 11.8 Å². The molecule has 0 bridgehead atoms. The number of benzene rings is 1. The maximum Gasteiger partial charge on any atom is 0.229 e. The molecule has 0 saturated carbocycles. The number of morpholine rings is 1. The third kappa shape index (κ3) is 3.20. The summed E-state index contributed by atoms with van der Waals surface area (Å²) in [4.78, 5) is 5.66. The van der Waals surface area contributed by atoms with Gasteiger partial charge in [0.25, 0.3) is 0 Å². The lowest BCUT2D eigenvalue weighted by atomic mass is 10.2. The SMILES string of the molecule is CSc1ccc(-c2noc(CC3CNCCO3)n2)cc1. The Labute approximate surface area is 122 Å². The number of ether oxygens (including phenoxy) is 1. The van der Waals surface area contributed by atoms with E-state index in [4.69, 9.17) is 9.26 Å². The van der Waals surface area contributed by atoms with Gasteiger partial charge in [0.15, 0.2) is 0 Å². The van der Waals surface area contributed by atoms with Gasteiger partial charge in [-0.25, -0.2) is 0 Å². The van der Waals surface area contributed by atoms with Crippen LogP contribution in [0.25, 0.3) is 11.4 Å². The summed E-state index contributed by atoms with van der Waals surface area (Å²) in [6.45, 7) is 2.48. The minimum atomic E-state index is 0.121. The van der Waals surface area contributed by atoms with E-state index in [-0.39, 0.29) is 6.10 Å². The molecule has 1 aromatic heterocycles. The van der Waals surface area contributed by atoms with Gasteiger partial charge in [-0.2, -0.15) is 4.98 Å². The molecule has 0 spiro atoms. The first-order valence-electron chi connectivity index (χ1n) is 6.64. The molecule has 0 amide bonds. The summed E-state index contributed by atoms with van der Waals surface area (Å²) in [6.07, 6.45) is 2.83. The van der Waals surface area contributed by atoms with Crippen molar-refractivity contribution in [3.05, 3.63) is 30.2 Å². The molecule has 1 fully saturated rings. The molecule has 3 rings (SSSR count). The Morgan fingerprint density at radius 1 is 1.35 bits per heavy atom. The fourth-order valence-corrected chi connectivity index (χ4v) is 2.55. The van der Waals surface area contributed by atoms with E-state index in [1.807, 2.05) is 12.1 Å². The zero-order valence-corrected chi connectivity index (χ0v) is 12.2. The van der Waals surface area contributed by atoms with Crippen molar-refractivity contribution in [2.24, 2.45) is 0 Å². The number of hydrogen-bond donors (Lipinski definition) is 1. The molecule has 1 aromatic carbocycles. The Morgan fingerprint density at radius 3 is 2.90 bits per heavy atom. The standard InChI is InChI=1S/C14H17N3O2S/c1-20-12-4-2-10(3-5-12)14-16-13(19-17-14)8-11-9-15-6-7-18-11/h2-5,11,15H,6-9H2,1H3. The largest absolute Gasteiger partial charge is 0.375 e. The number of rotatable bonds is 4. The molecule has 20 heavy (non-hydrogen) atoms. The van der Waals surface area contributed by atoms with E-state index in [1.54, 1.807) is 11.8 Å². The van der Waals surface area contributed by atoms with Crippen LogP contribution in [-0.4, -0.2) is 42.2 Å². The number of aromatic nitrogens is 2. The Kier molecular flexibility index (Phi) is 4.34. The van der Waals surface area contributed by atoms with Gasteiger partial charge < -0.3 is 14.6 Å². The van der Waals surface area contributed by atoms with E-state index >= 15 is 0 Å². The van der Waals surface area contributed by atoms with Crippen LogP contribution >= 0.6 is 11.8 Å². The second-order valence-electron chi connectivity index (χ2n) is 4.64. The molecule has 5 nitrogen and oxygen atoms in total. The minimum absolute atomic E-state index is 0.121. The van der Waals surface area contributed by atoms with Crippen molar-refractivity contribution in [1.82, 2.24) is 15.5 Å². The van der Waals surface area contributed by atoms with Crippen LogP contribution in [0.4, 0.5) is 0 Å². The molecular formula is C14H17N3O2S. The van der Waals surface area contributed by atoms with Crippen molar-refractivity contribution in [3.63, 3.8) is 0 Å². The van der Waals surface area contributed by atoms with Gasteiger partial charge in [-0.3, -0.25) is 0 Å². The fourth-order valence-electron chi connectivity index (χ4n) is 2.14. The Balaban J connectivity index is 1.68. The van der Waals surface area contributed by atoms with E-state index in [9.17, 15) is 0 Å². The molecule has 1 saturated heterocycles. The van der Waals surface area contributed by atoms with Gasteiger partial charge in [-0.1, -0.05) is 5.16 Å². The molecule has 1 N–H and O–H groups in total. The lowest BCUT2D eigenvalue weighted by Crippen LogP contribution is -2.39. The zero-order valence-electron chi connectivity index (χ0n) is 11.3. The Morgan fingerprint density at radius 2 is 2.20 bits per heavy atom. The third-order valence-corrected chi connectivity index (χ3v) is 3.97. The summed E-state index contributed by atoms with van der Waals surface area (Å²) in [6, 6.07) is 8.15. The maximum atomic E-state index is 5.63. The van der Waals surface area contributed by atoms with Gasteiger partial charge in [0, 0.05) is 23.5 Å². The first-order valence-corrected chi connectivity index (χ1v) is 7.87. The first kappa shape index (κ1) is 13.6. The minimum Gasteiger partial charge on any atom is -0.375 e. The molecule has 6 heteroatoms. The van der Waals surface area contributed by atoms with Gasteiger partial charge in [0.1, 0.15) is 0 Å². The molecule has 106 valence electrons. The molecule has 0 radical (unpaired) electrons. The molecule has 1 aliphatic heterocycles. The Bertz CT molecular complexity index is 550. The van der Waals surface area contributed by atoms with Gasteiger partial charge in [-0.05, 0) is 30.5 Å². The van der Waals surface area contributed by atoms with Gasteiger partial charge in [0.2, 0.25) is 11.7 Å². The number of nitrogens with one attached hydrogen (secondary N) is 1. The van der Waals surface area contributed by atoms with Crippen molar-refractivity contribution < 1.29 is 9.26 Å². The van der Waals surface area contributed by atoms with Crippen molar-refractivity contribution in [2.45, 2.75) is 17.4 Å². The van der Waals surface area contributed by atoms with Gasteiger partial charge >= 0.3 is 0 Å². The number of thioether (sulfide) groups is 1. The molecule has 2 heterocycles. The summed E-state index contributed by atoms with van der Waals surface area (Å²) in [7, 11) is 0. The third-order valence-electron chi connectivity index (χ3n) is 3.22. The van der Waals surface area contributed by atoms with E-state index in [1.165, 1.54) is 4.90 Å². The summed E-state index contributed by atoms with van der Waals surface area (Å²) in [5.41, 5.74) is 0.973. The highest BCUT2D eigenvalue weighted by Gasteiger charge is 2.18. The first-order chi connectivity index (χ1) is 9.85. The topological polar surface area (TPSA) is 60.2 Å². The van der Waals surface area contributed by atoms with E-state index in [0.717, 1.165) is 25.3 Å². The van der Waals surface area contributed by atoms with Crippen molar-refractivity contribution in [1.29, 1.82) is 0 Å². The lowest BCUT2D eigenvalue weighted by Gasteiger charge is -2.21. The van der Waals surface area contributed by atoms with Crippen molar-refractivity contribution in [3.8, 4) is 11.4 Å². The van der Waals surface area contributed by atoms with Crippen LogP contribution in [0.15, 0.2) is 33.7 Å². The average Bonchev–Trinajstić information content (AvgIpc) is 2.97. The lowest BCUT2D eigenvalue weighted by molar-refractivity contribution is 0.0246.